The van der Waals surface area contributed by atoms with E-state index in [1.807, 2.05) is 0 Å². The Morgan fingerprint density at radius 1 is 1.00 bits per heavy atom. The zero-order chi connectivity index (χ0) is 7.40. The van der Waals surface area contributed by atoms with Crippen LogP contribution in [0.1, 0.15) is 0 Å². The summed E-state index contributed by atoms with van der Waals surface area (Å²) in [5, 5.41) is 23.4. The average Bonchev–Trinajstić information content (AvgIpc) is 2.04. The maximum atomic E-state index is 8.35. The number of hydrogen-bond donors (Lipinski definition) is 2. The van der Waals surface area contributed by atoms with Crippen LogP contribution in [0.25, 0.3) is 0 Å². The average molecular weight is 178 g/mol. The molecule has 4 nitrogen and oxygen atoms in total. The van der Waals surface area contributed by atoms with Crippen molar-refractivity contribution in [2.45, 2.75) is 0 Å². The van der Waals surface area contributed by atoms with E-state index in [4.69, 9.17) is 10.4 Å². The molecule has 6 heteroatoms. The highest BCUT2D eigenvalue weighted by Gasteiger charge is 2.16. The third kappa shape index (κ3) is 1.57. The van der Waals surface area contributed by atoms with Crippen molar-refractivity contribution in [2.75, 3.05) is 11.5 Å². The van der Waals surface area contributed by atoms with E-state index in [0.29, 0.717) is 10.1 Å². The second kappa shape index (κ2) is 3.72. The smallest absolute Gasteiger partial charge is 0.171 e. The van der Waals surface area contributed by atoms with Crippen molar-refractivity contribution < 1.29 is 10.4 Å². The van der Waals surface area contributed by atoms with Gasteiger partial charge < -0.3 is 10.4 Å². The van der Waals surface area contributed by atoms with Gasteiger partial charge in [0.2, 0.25) is 0 Å². The minimum absolute atomic E-state index is 0.402. The zero-order valence-electron chi connectivity index (χ0n) is 5.02. The van der Waals surface area contributed by atoms with Gasteiger partial charge in [0.25, 0.3) is 0 Å². The maximum Gasteiger partial charge on any atom is 0.171 e. The molecular weight excluding hydrogens is 172 g/mol. The minimum Gasteiger partial charge on any atom is -0.410 e. The van der Waals surface area contributed by atoms with Crippen molar-refractivity contribution in [3.63, 3.8) is 0 Å². The van der Waals surface area contributed by atoms with Crippen molar-refractivity contribution in [3.05, 3.63) is 0 Å². The summed E-state index contributed by atoms with van der Waals surface area (Å²) in [7, 11) is 0. The Bertz CT molecular complexity index is 160. The topological polar surface area (TPSA) is 65.2 Å². The van der Waals surface area contributed by atoms with Crippen LogP contribution in [-0.4, -0.2) is 32.0 Å². The van der Waals surface area contributed by atoms with E-state index in [1.165, 1.54) is 23.5 Å². The molecule has 0 unspecified atom stereocenters. The molecule has 1 aliphatic rings. The summed E-state index contributed by atoms with van der Waals surface area (Å²) in [6, 6.07) is 0. The van der Waals surface area contributed by atoms with Gasteiger partial charge in [-0.1, -0.05) is 33.8 Å². The van der Waals surface area contributed by atoms with Crippen molar-refractivity contribution in [1.82, 2.24) is 0 Å². The van der Waals surface area contributed by atoms with E-state index in [-0.39, 0.29) is 0 Å². The van der Waals surface area contributed by atoms with Crippen LogP contribution in [0, 0.1) is 0 Å². The van der Waals surface area contributed by atoms with Gasteiger partial charge in [-0.05, 0) is 0 Å². The van der Waals surface area contributed by atoms with Gasteiger partial charge in [-0.15, -0.1) is 0 Å². The van der Waals surface area contributed by atoms with Gasteiger partial charge in [-0.2, -0.15) is 0 Å². The van der Waals surface area contributed by atoms with Crippen LogP contribution in [-0.2, 0) is 0 Å². The van der Waals surface area contributed by atoms with E-state index < -0.39 is 0 Å². The van der Waals surface area contributed by atoms with Crippen LogP contribution >= 0.6 is 23.5 Å². The van der Waals surface area contributed by atoms with Gasteiger partial charge in [0.1, 0.15) is 0 Å². The number of nitrogens with zero attached hydrogens (tertiary/aromatic N) is 2. The van der Waals surface area contributed by atoms with E-state index in [1.54, 1.807) is 0 Å². The first-order chi connectivity index (χ1) is 4.88. The molecule has 0 aliphatic carbocycles. The first-order valence-corrected chi connectivity index (χ1v) is 4.55. The second-order valence-corrected chi connectivity index (χ2v) is 3.67. The summed E-state index contributed by atoms with van der Waals surface area (Å²) in [5.41, 5.74) is 0. The lowest BCUT2D eigenvalue weighted by molar-refractivity contribution is 0.316. The minimum atomic E-state index is 0.402. The highest BCUT2D eigenvalue weighted by atomic mass is 32.2. The van der Waals surface area contributed by atoms with Crippen LogP contribution in [0.15, 0.2) is 10.3 Å². The molecule has 1 aliphatic heterocycles. The molecule has 0 aromatic carbocycles. The zero-order valence-corrected chi connectivity index (χ0v) is 6.65. The molecule has 0 radical (unpaired) electrons. The van der Waals surface area contributed by atoms with Crippen LogP contribution in [0.2, 0.25) is 0 Å². The molecule has 0 aromatic heterocycles. The summed E-state index contributed by atoms with van der Waals surface area (Å²) in [6.45, 7) is 0. The quantitative estimate of drug-likeness (QED) is 0.429. The molecule has 56 valence electrons. The summed E-state index contributed by atoms with van der Waals surface area (Å²) < 4.78 is 0. The van der Waals surface area contributed by atoms with Crippen LogP contribution in [0.4, 0.5) is 0 Å². The first kappa shape index (κ1) is 7.74. The number of thioether (sulfide) groups is 2. The molecule has 0 atom stereocenters. The summed E-state index contributed by atoms with van der Waals surface area (Å²) >= 11 is 2.77. The Morgan fingerprint density at radius 3 is 1.70 bits per heavy atom. The first-order valence-electron chi connectivity index (χ1n) is 2.58. The summed E-state index contributed by atoms with van der Waals surface area (Å²) in [5.74, 6) is 1.78. The van der Waals surface area contributed by atoms with Crippen LogP contribution in [0.5, 0.6) is 0 Å². The summed E-state index contributed by atoms with van der Waals surface area (Å²) in [4.78, 5) is 0. The Kier molecular flexibility index (Phi) is 2.88. The lowest BCUT2D eigenvalue weighted by Gasteiger charge is -2.09. The highest BCUT2D eigenvalue weighted by molar-refractivity contribution is 8.27. The molecule has 1 saturated heterocycles. The fourth-order valence-corrected chi connectivity index (χ4v) is 2.39. The SMILES string of the molecule is O/N=C1\SCCS\C1=N\O. The standard InChI is InChI=1S/C4H6N2O2S2/c7-5-3-4(6-8)10-2-1-9-3/h7-8H,1-2H2/b5-3-,6-4+. The molecule has 1 rings (SSSR count). The number of hydrogen-bond acceptors (Lipinski definition) is 6. The maximum absolute atomic E-state index is 8.35. The van der Waals surface area contributed by atoms with Gasteiger partial charge in [0.15, 0.2) is 10.1 Å². The van der Waals surface area contributed by atoms with Crippen molar-refractivity contribution in [1.29, 1.82) is 0 Å². The molecular formula is C4H6N2O2S2. The molecule has 0 saturated carbocycles. The van der Waals surface area contributed by atoms with Crippen molar-refractivity contribution in [3.8, 4) is 0 Å². The monoisotopic (exact) mass is 178 g/mol. The fourth-order valence-electron chi connectivity index (χ4n) is 0.543. The summed E-state index contributed by atoms with van der Waals surface area (Å²) in [6.07, 6.45) is 0. The predicted octanol–water partition coefficient (Wildman–Crippen LogP) is 1.04. The second-order valence-electron chi connectivity index (χ2n) is 1.51. The Balaban J connectivity index is 2.69. The molecule has 10 heavy (non-hydrogen) atoms. The van der Waals surface area contributed by atoms with E-state index in [0.717, 1.165) is 11.5 Å². The lowest BCUT2D eigenvalue weighted by Crippen LogP contribution is -2.14. The normalized spacial score (nSPS) is 27.6. The molecule has 0 aromatic rings. The molecule has 1 heterocycles. The largest absolute Gasteiger partial charge is 0.410 e. The Morgan fingerprint density at radius 2 is 1.40 bits per heavy atom. The van der Waals surface area contributed by atoms with Gasteiger partial charge in [0.05, 0.1) is 0 Å². The molecule has 1 fully saturated rings. The van der Waals surface area contributed by atoms with E-state index in [2.05, 4.69) is 10.3 Å². The van der Waals surface area contributed by atoms with Gasteiger partial charge in [0, 0.05) is 11.5 Å². The van der Waals surface area contributed by atoms with Crippen molar-refractivity contribution >= 4 is 33.6 Å². The fraction of sp³-hybridized carbons (Fsp3) is 0.500. The van der Waals surface area contributed by atoms with Gasteiger partial charge >= 0.3 is 0 Å². The predicted molar refractivity (Wildman–Crippen MR) is 43.4 cm³/mol. The third-order valence-electron chi connectivity index (χ3n) is 0.925. The lowest BCUT2D eigenvalue weighted by atomic mass is 10.8. The van der Waals surface area contributed by atoms with Crippen LogP contribution in [0.3, 0.4) is 0 Å². The van der Waals surface area contributed by atoms with Crippen LogP contribution < -0.4 is 0 Å². The number of rotatable bonds is 0. The molecule has 0 spiro atoms. The molecule has 0 amide bonds. The Labute approximate surface area is 66.4 Å². The van der Waals surface area contributed by atoms with Gasteiger partial charge in [-0.3, -0.25) is 0 Å². The molecule has 0 bridgehead atoms. The van der Waals surface area contributed by atoms with Crippen molar-refractivity contribution in [2.24, 2.45) is 10.3 Å². The van der Waals surface area contributed by atoms with E-state index >= 15 is 0 Å². The Hall–Kier alpha value is -0.360. The molecule has 2 N–H and O–H groups in total. The number of oxime groups is 2. The highest BCUT2D eigenvalue weighted by Crippen LogP contribution is 2.21. The van der Waals surface area contributed by atoms with Gasteiger partial charge in [-0.25, -0.2) is 0 Å². The third-order valence-corrected chi connectivity index (χ3v) is 3.23. The van der Waals surface area contributed by atoms with E-state index in [9.17, 15) is 0 Å².